The van der Waals surface area contributed by atoms with E-state index in [4.69, 9.17) is 17.0 Å². The van der Waals surface area contributed by atoms with Crippen LogP contribution in [0.25, 0.3) is 0 Å². The molecule has 4 aromatic rings. The molecule has 0 saturated carbocycles. The molecule has 7 nitrogen and oxygen atoms in total. The van der Waals surface area contributed by atoms with Crippen LogP contribution < -0.4 is 20.1 Å². The number of hydrogen-bond donors (Lipinski definition) is 3. The molecule has 0 bridgehead atoms. The molecule has 0 heterocycles. The van der Waals surface area contributed by atoms with Crippen molar-refractivity contribution in [1.29, 1.82) is 0 Å². The molecule has 0 saturated heterocycles. The van der Waals surface area contributed by atoms with Gasteiger partial charge >= 0.3 is 0 Å². The topological polar surface area (TPSA) is 96.5 Å². The Bertz CT molecular complexity index is 1460. The van der Waals surface area contributed by atoms with Crippen molar-refractivity contribution in [3.8, 4) is 5.75 Å². The fourth-order valence-electron chi connectivity index (χ4n) is 3.43. The van der Waals surface area contributed by atoms with Crippen molar-refractivity contribution in [2.24, 2.45) is 0 Å². The quantitative estimate of drug-likeness (QED) is 0.256. The van der Waals surface area contributed by atoms with Gasteiger partial charge in [0.1, 0.15) is 5.75 Å². The van der Waals surface area contributed by atoms with Gasteiger partial charge in [-0.3, -0.25) is 14.8 Å². The van der Waals surface area contributed by atoms with Crippen LogP contribution in [0.15, 0.2) is 114 Å². The summed E-state index contributed by atoms with van der Waals surface area (Å²) >= 11 is 5.26. The number of para-hydroxylation sites is 1. The summed E-state index contributed by atoms with van der Waals surface area (Å²) in [5.41, 5.74) is 2.57. The number of carbonyl (C=O) groups is 1. The van der Waals surface area contributed by atoms with E-state index in [-0.39, 0.29) is 10.0 Å². The van der Waals surface area contributed by atoms with Gasteiger partial charge in [-0.25, -0.2) is 8.42 Å². The first kappa shape index (κ1) is 25.9. The van der Waals surface area contributed by atoms with E-state index in [1.165, 1.54) is 17.7 Å². The highest BCUT2D eigenvalue weighted by Gasteiger charge is 2.14. The second kappa shape index (κ2) is 12.2. The van der Waals surface area contributed by atoms with Gasteiger partial charge in [0, 0.05) is 23.4 Å². The molecule has 0 atom stereocenters. The largest absolute Gasteiger partial charge is 0.493 e. The number of rotatable bonds is 9. The van der Waals surface area contributed by atoms with Gasteiger partial charge in [-0.1, -0.05) is 54.6 Å². The van der Waals surface area contributed by atoms with E-state index in [1.807, 2.05) is 30.3 Å². The standard InChI is InChI=1S/C28H25N3O4S2/c32-27(22-10-7-13-25(20-22)35-19-18-21-8-3-1-4-9-21)30-28(36)29-23-14-16-26(17-15-23)37(33,34)31-24-11-5-2-6-12-24/h1-17,20,31H,18-19H2,(H2,29,30,32,36). The van der Waals surface area contributed by atoms with Crippen molar-refractivity contribution in [3.63, 3.8) is 0 Å². The van der Waals surface area contributed by atoms with E-state index in [1.54, 1.807) is 66.7 Å². The monoisotopic (exact) mass is 531 g/mol. The number of hydrogen-bond acceptors (Lipinski definition) is 5. The maximum Gasteiger partial charge on any atom is 0.261 e. The number of sulfonamides is 1. The fraction of sp³-hybridized carbons (Fsp3) is 0.0714. The van der Waals surface area contributed by atoms with Gasteiger partial charge in [0.05, 0.1) is 11.5 Å². The van der Waals surface area contributed by atoms with Crippen LogP contribution in [0.2, 0.25) is 0 Å². The van der Waals surface area contributed by atoms with E-state index in [0.717, 1.165) is 6.42 Å². The lowest BCUT2D eigenvalue weighted by atomic mass is 10.2. The van der Waals surface area contributed by atoms with Crippen molar-refractivity contribution in [2.75, 3.05) is 16.6 Å². The lowest BCUT2D eigenvalue weighted by Crippen LogP contribution is -2.34. The SMILES string of the molecule is O=C(NC(=S)Nc1ccc(S(=O)(=O)Nc2ccccc2)cc1)c1cccc(OCCc2ccccc2)c1. The Hall–Kier alpha value is -4.21. The van der Waals surface area contributed by atoms with Gasteiger partial charge in [0.2, 0.25) is 0 Å². The Morgan fingerprint density at radius 3 is 2.16 bits per heavy atom. The summed E-state index contributed by atoms with van der Waals surface area (Å²) in [7, 11) is -3.73. The van der Waals surface area contributed by atoms with Crippen LogP contribution in [0.3, 0.4) is 0 Å². The zero-order valence-corrected chi connectivity index (χ0v) is 21.4. The third-order valence-corrected chi connectivity index (χ3v) is 6.88. The smallest absolute Gasteiger partial charge is 0.261 e. The van der Waals surface area contributed by atoms with Crippen LogP contribution in [-0.4, -0.2) is 26.0 Å². The minimum atomic E-state index is -3.73. The molecule has 9 heteroatoms. The highest BCUT2D eigenvalue weighted by molar-refractivity contribution is 7.92. The van der Waals surface area contributed by atoms with Crippen LogP contribution in [-0.2, 0) is 16.4 Å². The molecule has 0 aliphatic rings. The molecule has 0 unspecified atom stereocenters. The maximum atomic E-state index is 12.7. The zero-order chi connectivity index (χ0) is 26.1. The van der Waals surface area contributed by atoms with Gasteiger partial charge in [-0.05, 0) is 72.4 Å². The second-order valence-electron chi connectivity index (χ2n) is 8.02. The second-order valence-corrected chi connectivity index (χ2v) is 10.1. The van der Waals surface area contributed by atoms with Crippen LogP contribution in [0.4, 0.5) is 11.4 Å². The van der Waals surface area contributed by atoms with Gasteiger partial charge in [0.25, 0.3) is 15.9 Å². The Morgan fingerprint density at radius 2 is 1.46 bits per heavy atom. The summed E-state index contributed by atoms with van der Waals surface area (Å²) in [6, 6.07) is 31.5. The first-order valence-electron chi connectivity index (χ1n) is 11.5. The van der Waals surface area contributed by atoms with Gasteiger partial charge < -0.3 is 10.1 Å². The predicted molar refractivity (Wildman–Crippen MR) is 149 cm³/mol. The number of thiocarbonyl (C=S) groups is 1. The number of benzene rings is 4. The molecule has 0 aliphatic heterocycles. The third-order valence-electron chi connectivity index (χ3n) is 5.27. The molecule has 188 valence electrons. The van der Waals surface area contributed by atoms with Crippen molar-refractivity contribution in [3.05, 3.63) is 120 Å². The Kier molecular flexibility index (Phi) is 8.50. The van der Waals surface area contributed by atoms with Crippen LogP contribution in [0, 0.1) is 0 Å². The van der Waals surface area contributed by atoms with Crippen molar-refractivity contribution >= 4 is 44.6 Å². The Balaban J connectivity index is 1.29. The lowest BCUT2D eigenvalue weighted by molar-refractivity contribution is 0.0977. The number of nitrogens with one attached hydrogen (secondary N) is 3. The van der Waals surface area contributed by atoms with E-state index in [0.29, 0.717) is 29.3 Å². The number of ether oxygens (including phenoxy) is 1. The minimum Gasteiger partial charge on any atom is -0.493 e. The van der Waals surface area contributed by atoms with Gasteiger partial charge in [-0.15, -0.1) is 0 Å². The van der Waals surface area contributed by atoms with Crippen molar-refractivity contribution in [1.82, 2.24) is 5.32 Å². The van der Waals surface area contributed by atoms with Crippen LogP contribution in [0.5, 0.6) is 5.75 Å². The molecule has 3 N–H and O–H groups in total. The molecule has 0 aliphatic carbocycles. The lowest BCUT2D eigenvalue weighted by Gasteiger charge is -2.12. The van der Waals surface area contributed by atoms with E-state index < -0.39 is 15.9 Å². The first-order valence-corrected chi connectivity index (χ1v) is 13.4. The average Bonchev–Trinajstić information content (AvgIpc) is 2.90. The van der Waals surface area contributed by atoms with E-state index in [2.05, 4.69) is 15.4 Å². The maximum absolute atomic E-state index is 12.7. The fourth-order valence-corrected chi connectivity index (χ4v) is 4.70. The molecule has 0 aromatic heterocycles. The van der Waals surface area contributed by atoms with Crippen LogP contribution in [0.1, 0.15) is 15.9 Å². The molecule has 0 spiro atoms. The number of carbonyl (C=O) groups excluding carboxylic acids is 1. The third kappa shape index (κ3) is 7.63. The number of anilines is 2. The number of amides is 1. The van der Waals surface area contributed by atoms with Crippen molar-refractivity contribution < 1.29 is 17.9 Å². The molecular weight excluding hydrogens is 506 g/mol. The summed E-state index contributed by atoms with van der Waals surface area (Å²) < 4.78 is 33.5. The molecule has 4 aromatic carbocycles. The molecule has 1 amide bonds. The summed E-state index contributed by atoms with van der Waals surface area (Å²) in [5, 5.41) is 5.60. The Morgan fingerprint density at radius 1 is 0.784 bits per heavy atom. The first-order chi connectivity index (χ1) is 17.9. The van der Waals surface area contributed by atoms with E-state index >= 15 is 0 Å². The molecule has 37 heavy (non-hydrogen) atoms. The summed E-state index contributed by atoms with van der Waals surface area (Å²) in [4.78, 5) is 12.8. The van der Waals surface area contributed by atoms with Crippen LogP contribution >= 0.6 is 12.2 Å². The Labute approximate surface area is 221 Å². The highest BCUT2D eigenvalue weighted by Crippen LogP contribution is 2.18. The van der Waals surface area contributed by atoms with Gasteiger partial charge in [0.15, 0.2) is 5.11 Å². The summed E-state index contributed by atoms with van der Waals surface area (Å²) in [6.45, 7) is 0.488. The summed E-state index contributed by atoms with van der Waals surface area (Å²) in [5.74, 6) is 0.195. The molecule has 0 fully saturated rings. The predicted octanol–water partition coefficient (Wildman–Crippen LogP) is 5.24. The van der Waals surface area contributed by atoms with E-state index in [9.17, 15) is 13.2 Å². The zero-order valence-electron chi connectivity index (χ0n) is 19.8. The van der Waals surface area contributed by atoms with Gasteiger partial charge in [-0.2, -0.15) is 0 Å². The molecular formula is C28H25N3O4S2. The molecule has 0 radical (unpaired) electrons. The highest BCUT2D eigenvalue weighted by atomic mass is 32.2. The normalized spacial score (nSPS) is 10.8. The summed E-state index contributed by atoms with van der Waals surface area (Å²) in [6.07, 6.45) is 0.758. The average molecular weight is 532 g/mol. The minimum absolute atomic E-state index is 0.0819. The van der Waals surface area contributed by atoms with Crippen molar-refractivity contribution in [2.45, 2.75) is 11.3 Å². The molecule has 4 rings (SSSR count).